The van der Waals surface area contributed by atoms with Gasteiger partial charge in [-0.25, -0.2) is 0 Å². The van der Waals surface area contributed by atoms with Gasteiger partial charge < -0.3 is 5.11 Å². The summed E-state index contributed by atoms with van der Waals surface area (Å²) in [7, 11) is 0. The Bertz CT molecular complexity index is 105. The summed E-state index contributed by atoms with van der Waals surface area (Å²) in [4.78, 5) is 10.3. The molecule has 0 spiro atoms. The van der Waals surface area contributed by atoms with E-state index in [1.54, 1.807) is 0 Å². The minimum Gasteiger partial charge on any atom is -0.396 e. The molecule has 0 unspecified atom stereocenters. The number of rotatable bonds is 3. The minimum absolute atomic E-state index is 0.0123. The molecule has 0 amide bonds. The minimum atomic E-state index is -0.0425. The molecule has 0 heterocycles. The van der Waals surface area contributed by atoms with E-state index in [1.807, 2.05) is 0 Å². The van der Waals surface area contributed by atoms with Crippen LogP contribution in [0, 0.1) is 0 Å². The molecule has 0 aromatic carbocycles. The molecule has 0 fully saturated rings. The highest BCUT2D eigenvalue weighted by Crippen LogP contribution is 1.95. The maximum atomic E-state index is 10.3. The van der Waals surface area contributed by atoms with Gasteiger partial charge in [-0.1, -0.05) is 6.58 Å². The predicted molar refractivity (Wildman–Crippen MR) is 31.5 cm³/mol. The fourth-order valence-corrected chi connectivity index (χ4v) is 0.311. The molecule has 0 saturated heterocycles. The van der Waals surface area contributed by atoms with Gasteiger partial charge in [0.15, 0.2) is 5.78 Å². The average Bonchev–Trinajstić information content (AvgIpc) is 1.67. The summed E-state index contributed by atoms with van der Waals surface area (Å²) in [6.07, 6.45) is 0.398. The van der Waals surface area contributed by atoms with Crippen molar-refractivity contribution in [3.05, 3.63) is 12.2 Å². The normalized spacial score (nSPS) is 8.75. The fourth-order valence-electron chi connectivity index (χ4n) is 0.311. The van der Waals surface area contributed by atoms with Gasteiger partial charge in [0.1, 0.15) is 0 Å². The Hall–Kier alpha value is -0.630. The van der Waals surface area contributed by atoms with E-state index in [4.69, 9.17) is 5.11 Å². The van der Waals surface area contributed by atoms with Gasteiger partial charge in [0.2, 0.25) is 0 Å². The number of Topliss-reactive ketones (excluding diaryl/α,β-unsaturated/α-hetero) is 1. The zero-order valence-corrected chi connectivity index (χ0v) is 4.98. The van der Waals surface area contributed by atoms with Crippen LogP contribution in [0.2, 0.25) is 0 Å². The summed E-state index contributed by atoms with van der Waals surface area (Å²) in [5.41, 5.74) is 0.493. The molecule has 1 N–H and O–H groups in total. The Morgan fingerprint density at radius 3 is 2.38 bits per heavy atom. The maximum absolute atomic E-state index is 10.3. The molecule has 0 bridgehead atoms. The molecule has 0 saturated carbocycles. The SMILES string of the molecule is C=C(CCO)C(C)=O. The Labute approximate surface area is 48.8 Å². The lowest BCUT2D eigenvalue weighted by Crippen LogP contribution is -1.96. The van der Waals surface area contributed by atoms with Crippen molar-refractivity contribution in [1.82, 2.24) is 0 Å². The van der Waals surface area contributed by atoms with Gasteiger partial charge in [0.25, 0.3) is 0 Å². The van der Waals surface area contributed by atoms with Crippen LogP contribution in [0.4, 0.5) is 0 Å². The first-order valence-electron chi connectivity index (χ1n) is 2.48. The second kappa shape index (κ2) is 3.38. The summed E-state index contributed by atoms with van der Waals surface area (Å²) in [6, 6.07) is 0. The van der Waals surface area contributed by atoms with E-state index in [1.165, 1.54) is 6.92 Å². The van der Waals surface area contributed by atoms with E-state index in [0.717, 1.165) is 0 Å². The largest absolute Gasteiger partial charge is 0.396 e. The summed E-state index contributed by atoms with van der Waals surface area (Å²) < 4.78 is 0. The molecule has 0 rings (SSSR count). The third-order valence-corrected chi connectivity index (χ3v) is 0.911. The molecule has 0 aliphatic heterocycles. The lowest BCUT2D eigenvalue weighted by Gasteiger charge is -1.93. The Balaban J connectivity index is 3.49. The molecule has 46 valence electrons. The first-order valence-corrected chi connectivity index (χ1v) is 2.48. The third kappa shape index (κ3) is 2.53. The third-order valence-electron chi connectivity index (χ3n) is 0.911. The molecule has 0 aromatic rings. The van der Waals surface area contributed by atoms with E-state index in [9.17, 15) is 4.79 Å². The maximum Gasteiger partial charge on any atom is 0.155 e. The average molecular weight is 114 g/mol. The van der Waals surface area contributed by atoms with Crippen LogP contribution in [0.5, 0.6) is 0 Å². The zero-order valence-electron chi connectivity index (χ0n) is 4.98. The zero-order chi connectivity index (χ0) is 6.57. The molecule has 8 heavy (non-hydrogen) atoms. The quantitative estimate of drug-likeness (QED) is 0.543. The van der Waals surface area contributed by atoms with Crippen LogP contribution in [-0.2, 0) is 4.79 Å². The van der Waals surface area contributed by atoms with Gasteiger partial charge in [-0.05, 0) is 18.9 Å². The molecule has 0 aliphatic rings. The van der Waals surface area contributed by atoms with E-state index in [-0.39, 0.29) is 12.4 Å². The summed E-state index contributed by atoms with van der Waals surface area (Å²) in [5, 5.41) is 8.27. The van der Waals surface area contributed by atoms with Crippen molar-refractivity contribution in [1.29, 1.82) is 0 Å². The van der Waals surface area contributed by atoms with Crippen LogP contribution >= 0.6 is 0 Å². The van der Waals surface area contributed by atoms with Crippen LogP contribution in [0.3, 0.4) is 0 Å². The van der Waals surface area contributed by atoms with Gasteiger partial charge in [-0.3, -0.25) is 4.79 Å². The lowest BCUT2D eigenvalue weighted by molar-refractivity contribution is -0.113. The van der Waals surface area contributed by atoms with E-state index in [2.05, 4.69) is 6.58 Å². The van der Waals surface area contributed by atoms with Gasteiger partial charge in [-0.15, -0.1) is 0 Å². The van der Waals surface area contributed by atoms with Crippen molar-refractivity contribution in [2.75, 3.05) is 6.61 Å². The van der Waals surface area contributed by atoms with Crippen molar-refractivity contribution < 1.29 is 9.90 Å². The highest BCUT2D eigenvalue weighted by Gasteiger charge is 1.96. The molecular formula is C6H10O2. The van der Waals surface area contributed by atoms with Gasteiger partial charge in [0.05, 0.1) is 0 Å². The van der Waals surface area contributed by atoms with Crippen molar-refractivity contribution in [2.24, 2.45) is 0 Å². The number of hydrogen-bond donors (Lipinski definition) is 1. The summed E-state index contributed by atoms with van der Waals surface area (Å²) in [5.74, 6) is -0.0425. The highest BCUT2D eigenvalue weighted by molar-refractivity contribution is 5.92. The number of carbonyl (C=O) groups excluding carboxylic acids is 1. The summed E-state index contributed by atoms with van der Waals surface area (Å²) in [6.45, 7) is 4.89. The number of ketones is 1. The molecule has 0 radical (unpaired) electrons. The van der Waals surface area contributed by atoms with E-state index in [0.29, 0.717) is 12.0 Å². The molecule has 0 aliphatic carbocycles. The van der Waals surface area contributed by atoms with Crippen LogP contribution in [0.1, 0.15) is 13.3 Å². The molecular weight excluding hydrogens is 104 g/mol. The smallest absolute Gasteiger partial charge is 0.155 e. The van der Waals surface area contributed by atoms with Crippen LogP contribution in [0.15, 0.2) is 12.2 Å². The second-order valence-corrected chi connectivity index (χ2v) is 1.63. The van der Waals surface area contributed by atoms with Crippen molar-refractivity contribution in [2.45, 2.75) is 13.3 Å². The highest BCUT2D eigenvalue weighted by atomic mass is 16.3. The number of carbonyl (C=O) groups is 1. The second-order valence-electron chi connectivity index (χ2n) is 1.63. The van der Waals surface area contributed by atoms with E-state index >= 15 is 0 Å². The molecule has 2 nitrogen and oxygen atoms in total. The van der Waals surface area contributed by atoms with Crippen molar-refractivity contribution >= 4 is 5.78 Å². The number of aliphatic hydroxyl groups is 1. The van der Waals surface area contributed by atoms with Gasteiger partial charge in [-0.2, -0.15) is 0 Å². The Morgan fingerprint density at radius 2 is 2.25 bits per heavy atom. The standard InChI is InChI=1S/C6H10O2/c1-5(3-4-7)6(2)8/h7H,1,3-4H2,2H3. The topological polar surface area (TPSA) is 37.3 Å². The van der Waals surface area contributed by atoms with Crippen molar-refractivity contribution in [3.63, 3.8) is 0 Å². The Kier molecular flexibility index (Phi) is 3.12. The summed E-state index contributed by atoms with van der Waals surface area (Å²) >= 11 is 0. The van der Waals surface area contributed by atoms with Gasteiger partial charge >= 0.3 is 0 Å². The molecule has 0 aromatic heterocycles. The van der Waals surface area contributed by atoms with Gasteiger partial charge in [0, 0.05) is 6.61 Å². The van der Waals surface area contributed by atoms with Crippen molar-refractivity contribution in [3.8, 4) is 0 Å². The number of hydrogen-bond acceptors (Lipinski definition) is 2. The monoisotopic (exact) mass is 114 g/mol. The van der Waals surface area contributed by atoms with E-state index < -0.39 is 0 Å². The first kappa shape index (κ1) is 7.37. The molecule has 0 atom stereocenters. The predicted octanol–water partition coefficient (Wildman–Crippen LogP) is 0.514. The molecule has 2 heteroatoms. The number of aliphatic hydroxyl groups excluding tert-OH is 1. The van der Waals surface area contributed by atoms with Crippen LogP contribution in [-0.4, -0.2) is 17.5 Å². The van der Waals surface area contributed by atoms with Crippen LogP contribution < -0.4 is 0 Å². The van der Waals surface area contributed by atoms with Crippen LogP contribution in [0.25, 0.3) is 0 Å². The first-order chi connectivity index (χ1) is 3.68. The lowest BCUT2D eigenvalue weighted by atomic mass is 10.1. The fraction of sp³-hybridized carbons (Fsp3) is 0.500. The Morgan fingerprint density at radius 1 is 1.75 bits per heavy atom.